The molecule has 0 saturated carbocycles. The molecule has 0 rings (SSSR count). The third-order valence-electron chi connectivity index (χ3n) is 2.01. The Bertz CT molecular complexity index is 205. The number of nitrogens with two attached hydrogens (primary N) is 1. The Balaban J connectivity index is 4.38. The highest BCUT2D eigenvalue weighted by Crippen LogP contribution is 2.42. The van der Waals surface area contributed by atoms with Crippen LogP contribution in [0.5, 0.6) is 0 Å². The maximum atomic E-state index is 12.9. The van der Waals surface area contributed by atoms with Gasteiger partial charge < -0.3 is 5.73 Å². The van der Waals surface area contributed by atoms with Crippen LogP contribution in [0.1, 0.15) is 20.3 Å². The molecule has 1 unspecified atom stereocenters. The summed E-state index contributed by atoms with van der Waals surface area (Å²) < 4.78 is 61.9. The minimum atomic E-state index is -5.53. The normalized spacial score (nSPS) is 15.6. The summed E-state index contributed by atoms with van der Waals surface area (Å²) in [5.74, 6) is -4.19. The molecule has 0 aliphatic rings. The molecule has 2 N–H and O–H groups in total. The molecule has 16 heavy (non-hydrogen) atoms. The van der Waals surface area contributed by atoms with Crippen LogP contribution >= 0.6 is 11.8 Å². The first-order valence-electron chi connectivity index (χ1n) is 4.89. The van der Waals surface area contributed by atoms with E-state index >= 15 is 0 Å². The van der Waals surface area contributed by atoms with E-state index in [1.807, 2.05) is 13.8 Å². The Morgan fingerprint density at radius 2 is 1.62 bits per heavy atom. The van der Waals surface area contributed by atoms with Gasteiger partial charge in [0.1, 0.15) is 0 Å². The van der Waals surface area contributed by atoms with Crippen LogP contribution in [0.4, 0.5) is 22.0 Å². The molecule has 0 aromatic rings. The standard InChI is InChI=1S/C9H16F5NS/c1-6(2)3-4-16-7(5-15)8(10,11)9(12,13)14/h6-7H,3-5,15H2,1-2H3. The predicted molar refractivity (Wildman–Crippen MR) is 55.8 cm³/mol. The van der Waals surface area contributed by atoms with Crippen LogP contribution in [0.25, 0.3) is 0 Å². The van der Waals surface area contributed by atoms with E-state index in [0.29, 0.717) is 18.2 Å². The van der Waals surface area contributed by atoms with Crippen molar-refractivity contribution in [3.8, 4) is 0 Å². The van der Waals surface area contributed by atoms with E-state index in [2.05, 4.69) is 0 Å². The van der Waals surface area contributed by atoms with Gasteiger partial charge in [0, 0.05) is 6.54 Å². The van der Waals surface area contributed by atoms with Gasteiger partial charge in [-0.3, -0.25) is 0 Å². The summed E-state index contributed by atoms with van der Waals surface area (Å²) in [6.45, 7) is 3.06. The summed E-state index contributed by atoms with van der Waals surface area (Å²) in [5.41, 5.74) is 4.97. The lowest BCUT2D eigenvalue weighted by Crippen LogP contribution is -2.48. The van der Waals surface area contributed by atoms with Gasteiger partial charge in [-0.15, -0.1) is 0 Å². The first-order valence-corrected chi connectivity index (χ1v) is 5.94. The number of alkyl halides is 5. The second kappa shape index (κ2) is 6.05. The van der Waals surface area contributed by atoms with Crippen LogP contribution in [-0.2, 0) is 0 Å². The van der Waals surface area contributed by atoms with Gasteiger partial charge in [0.15, 0.2) is 0 Å². The fourth-order valence-electron chi connectivity index (χ4n) is 0.949. The summed E-state index contributed by atoms with van der Waals surface area (Å²) in [5, 5.41) is -1.90. The summed E-state index contributed by atoms with van der Waals surface area (Å²) in [4.78, 5) is 0. The van der Waals surface area contributed by atoms with Crippen molar-refractivity contribution in [2.45, 2.75) is 37.6 Å². The lowest BCUT2D eigenvalue weighted by Gasteiger charge is -2.27. The van der Waals surface area contributed by atoms with Crippen molar-refractivity contribution in [3.63, 3.8) is 0 Å². The minimum Gasteiger partial charge on any atom is -0.329 e. The molecule has 7 heteroatoms. The summed E-state index contributed by atoms with van der Waals surface area (Å²) in [6, 6.07) is 0. The molecular formula is C9H16F5NS. The second-order valence-corrected chi connectivity index (χ2v) is 5.21. The van der Waals surface area contributed by atoms with Crippen molar-refractivity contribution in [1.82, 2.24) is 0 Å². The summed E-state index contributed by atoms with van der Waals surface area (Å²) in [6.07, 6.45) is -4.93. The van der Waals surface area contributed by atoms with Crippen molar-refractivity contribution in [3.05, 3.63) is 0 Å². The Morgan fingerprint density at radius 3 is 1.94 bits per heavy atom. The molecule has 0 spiro atoms. The van der Waals surface area contributed by atoms with Crippen LogP contribution in [-0.4, -0.2) is 29.6 Å². The van der Waals surface area contributed by atoms with E-state index in [0.717, 1.165) is 0 Å². The van der Waals surface area contributed by atoms with Crippen molar-refractivity contribution < 1.29 is 22.0 Å². The summed E-state index contributed by atoms with van der Waals surface area (Å²) in [7, 11) is 0. The number of hydrogen-bond acceptors (Lipinski definition) is 2. The number of halogens is 5. The van der Waals surface area contributed by atoms with Crippen LogP contribution in [0.3, 0.4) is 0 Å². The largest absolute Gasteiger partial charge is 0.454 e. The molecule has 0 aliphatic carbocycles. The van der Waals surface area contributed by atoms with Gasteiger partial charge in [-0.2, -0.15) is 33.7 Å². The summed E-state index contributed by atoms with van der Waals surface area (Å²) >= 11 is 0.589. The zero-order valence-electron chi connectivity index (χ0n) is 9.15. The lowest BCUT2D eigenvalue weighted by molar-refractivity contribution is -0.280. The van der Waals surface area contributed by atoms with Gasteiger partial charge in [0.05, 0.1) is 5.25 Å². The van der Waals surface area contributed by atoms with Crippen LogP contribution in [0, 0.1) is 5.92 Å². The monoisotopic (exact) mass is 265 g/mol. The molecule has 0 amide bonds. The van der Waals surface area contributed by atoms with E-state index in [1.165, 1.54) is 0 Å². The van der Waals surface area contributed by atoms with Crippen LogP contribution in [0.2, 0.25) is 0 Å². The van der Waals surface area contributed by atoms with Crippen LogP contribution < -0.4 is 5.73 Å². The molecule has 0 bridgehead atoms. The Morgan fingerprint density at radius 1 is 1.12 bits per heavy atom. The van der Waals surface area contributed by atoms with Gasteiger partial charge in [-0.25, -0.2) is 0 Å². The third kappa shape index (κ3) is 4.45. The second-order valence-electron chi connectivity index (χ2n) is 3.90. The van der Waals surface area contributed by atoms with Crippen molar-refractivity contribution >= 4 is 11.8 Å². The Labute approximate surface area is 95.9 Å². The minimum absolute atomic E-state index is 0.255. The van der Waals surface area contributed by atoms with Crippen molar-refractivity contribution in [2.75, 3.05) is 12.3 Å². The highest BCUT2D eigenvalue weighted by Gasteiger charge is 2.61. The van der Waals surface area contributed by atoms with E-state index in [4.69, 9.17) is 5.73 Å². The molecule has 0 aliphatic heterocycles. The van der Waals surface area contributed by atoms with Gasteiger partial charge >= 0.3 is 12.1 Å². The SMILES string of the molecule is CC(C)CCSC(CN)C(F)(F)C(F)(F)F. The Kier molecular flexibility index (Phi) is 6.03. The van der Waals surface area contributed by atoms with E-state index in [-0.39, 0.29) is 11.7 Å². The van der Waals surface area contributed by atoms with Crippen molar-refractivity contribution in [1.29, 1.82) is 0 Å². The van der Waals surface area contributed by atoms with Crippen molar-refractivity contribution in [2.24, 2.45) is 11.7 Å². The average Bonchev–Trinajstić information content (AvgIpc) is 2.09. The molecule has 0 fully saturated rings. The average molecular weight is 265 g/mol. The lowest BCUT2D eigenvalue weighted by atomic mass is 10.2. The molecule has 0 heterocycles. The van der Waals surface area contributed by atoms with Crippen LogP contribution in [0.15, 0.2) is 0 Å². The zero-order chi connectivity index (χ0) is 13.0. The van der Waals surface area contributed by atoms with Gasteiger partial charge in [-0.1, -0.05) is 13.8 Å². The van der Waals surface area contributed by atoms with E-state index in [1.54, 1.807) is 0 Å². The maximum absolute atomic E-state index is 12.9. The third-order valence-corrected chi connectivity index (χ3v) is 3.37. The molecular weight excluding hydrogens is 249 g/mol. The Hall–Kier alpha value is -0.0400. The fourth-order valence-corrected chi connectivity index (χ4v) is 2.32. The quantitative estimate of drug-likeness (QED) is 0.746. The number of hydrogen-bond donors (Lipinski definition) is 1. The molecule has 0 aromatic carbocycles. The molecule has 0 radical (unpaired) electrons. The molecule has 0 saturated heterocycles. The first kappa shape index (κ1) is 16.0. The zero-order valence-corrected chi connectivity index (χ0v) is 9.97. The van der Waals surface area contributed by atoms with Gasteiger partial charge in [-0.05, 0) is 18.1 Å². The molecule has 0 aromatic heterocycles. The first-order chi connectivity index (χ1) is 7.13. The molecule has 1 atom stereocenters. The fraction of sp³-hybridized carbons (Fsp3) is 1.00. The highest BCUT2D eigenvalue weighted by atomic mass is 32.2. The van der Waals surface area contributed by atoms with Gasteiger partial charge in [0.25, 0.3) is 0 Å². The topological polar surface area (TPSA) is 26.0 Å². The highest BCUT2D eigenvalue weighted by molar-refractivity contribution is 8.00. The molecule has 98 valence electrons. The van der Waals surface area contributed by atoms with E-state index in [9.17, 15) is 22.0 Å². The smallest absolute Gasteiger partial charge is 0.329 e. The van der Waals surface area contributed by atoms with E-state index < -0.39 is 23.9 Å². The predicted octanol–water partition coefficient (Wildman–Crippen LogP) is 3.29. The van der Waals surface area contributed by atoms with Gasteiger partial charge in [0.2, 0.25) is 0 Å². The maximum Gasteiger partial charge on any atom is 0.454 e. The molecule has 1 nitrogen and oxygen atoms in total. The number of thioether (sulfide) groups is 1. The number of rotatable bonds is 6.